The fraction of sp³-hybridized carbons (Fsp3) is 0.545. The quantitative estimate of drug-likeness (QED) is 0.919. The maximum Gasteiger partial charge on any atom is 0.287 e. The van der Waals surface area contributed by atoms with E-state index in [0.29, 0.717) is 0 Å². The van der Waals surface area contributed by atoms with E-state index in [1.165, 1.54) is 6.20 Å². The van der Waals surface area contributed by atoms with Crippen molar-refractivity contribution < 1.29 is 4.79 Å². The summed E-state index contributed by atoms with van der Waals surface area (Å²) in [6, 6.07) is 0.218. The van der Waals surface area contributed by atoms with Gasteiger partial charge in [0.2, 0.25) is 5.91 Å². The highest BCUT2D eigenvalue weighted by Gasteiger charge is 2.18. The number of nitrogens with one attached hydrogen (secondary N) is 1. The van der Waals surface area contributed by atoms with Gasteiger partial charge in [-0.25, -0.2) is 4.68 Å². The van der Waals surface area contributed by atoms with Crippen LogP contribution in [0.15, 0.2) is 11.0 Å². The Morgan fingerprint density at radius 2 is 2.11 bits per heavy atom. The number of halogens is 2. The number of amides is 1. The second-order valence-corrected chi connectivity index (χ2v) is 5.10. The fourth-order valence-electron chi connectivity index (χ4n) is 2.04. The molecule has 1 aromatic heterocycles. The molecule has 1 fully saturated rings. The molecule has 0 saturated heterocycles. The summed E-state index contributed by atoms with van der Waals surface area (Å²) in [5, 5.41) is 6.64. The Bertz CT molecular complexity index is 510. The molecule has 1 heterocycles. The van der Waals surface area contributed by atoms with Crippen LogP contribution in [-0.4, -0.2) is 21.7 Å². The lowest BCUT2D eigenvalue weighted by Crippen LogP contribution is -2.38. The van der Waals surface area contributed by atoms with Gasteiger partial charge in [-0.15, -0.1) is 0 Å². The van der Waals surface area contributed by atoms with Crippen molar-refractivity contribution in [2.24, 2.45) is 0 Å². The van der Waals surface area contributed by atoms with Crippen molar-refractivity contribution in [1.82, 2.24) is 15.1 Å². The van der Waals surface area contributed by atoms with Crippen molar-refractivity contribution in [1.29, 1.82) is 0 Å². The third-order valence-electron chi connectivity index (χ3n) is 2.96. The van der Waals surface area contributed by atoms with Crippen molar-refractivity contribution in [2.45, 2.75) is 38.3 Å². The highest BCUT2D eigenvalue weighted by atomic mass is 35.5. The van der Waals surface area contributed by atoms with Crippen LogP contribution in [0.5, 0.6) is 0 Å². The first kappa shape index (κ1) is 13.4. The molecule has 7 heteroatoms. The van der Waals surface area contributed by atoms with Crippen LogP contribution in [0, 0.1) is 0 Å². The minimum absolute atomic E-state index is 0.0918. The molecule has 1 aliphatic carbocycles. The van der Waals surface area contributed by atoms with Gasteiger partial charge in [-0.05, 0) is 12.8 Å². The molecule has 0 atom stereocenters. The molecule has 0 spiro atoms. The molecular formula is C11H13Cl2N3O2. The molecule has 0 aromatic carbocycles. The first-order valence-electron chi connectivity index (χ1n) is 5.78. The lowest BCUT2D eigenvalue weighted by molar-refractivity contribution is -0.122. The Hall–Kier alpha value is -1.07. The monoisotopic (exact) mass is 289 g/mol. The lowest BCUT2D eigenvalue weighted by Gasteiger charge is -2.12. The molecule has 0 unspecified atom stereocenters. The summed E-state index contributed by atoms with van der Waals surface area (Å²) in [7, 11) is 0. The van der Waals surface area contributed by atoms with Crippen molar-refractivity contribution >= 4 is 29.1 Å². The predicted octanol–water partition coefficient (Wildman–Crippen LogP) is 1.61. The van der Waals surface area contributed by atoms with Gasteiger partial charge in [0.1, 0.15) is 11.6 Å². The van der Waals surface area contributed by atoms with Crippen molar-refractivity contribution in [3.8, 4) is 0 Å². The molecule has 1 aliphatic rings. The number of carbonyl (C=O) groups is 1. The summed E-state index contributed by atoms with van der Waals surface area (Å²) >= 11 is 11.4. The van der Waals surface area contributed by atoms with Gasteiger partial charge in [0.25, 0.3) is 5.56 Å². The zero-order valence-electron chi connectivity index (χ0n) is 9.66. The summed E-state index contributed by atoms with van der Waals surface area (Å²) in [6.07, 6.45) is 5.52. The molecule has 2 rings (SSSR count). The maximum absolute atomic E-state index is 11.7. The summed E-state index contributed by atoms with van der Waals surface area (Å²) < 4.78 is 1.01. The largest absolute Gasteiger partial charge is 0.352 e. The van der Waals surface area contributed by atoms with Crippen LogP contribution in [-0.2, 0) is 11.3 Å². The lowest BCUT2D eigenvalue weighted by atomic mass is 10.2. The number of nitrogens with zero attached hydrogens (tertiary/aromatic N) is 2. The Kier molecular flexibility index (Phi) is 4.24. The number of hydrogen-bond donors (Lipinski definition) is 1. The second-order valence-electron chi connectivity index (χ2n) is 4.32. The van der Waals surface area contributed by atoms with E-state index in [2.05, 4.69) is 10.4 Å². The zero-order valence-corrected chi connectivity index (χ0v) is 11.2. The number of carbonyl (C=O) groups excluding carboxylic acids is 1. The van der Waals surface area contributed by atoms with Gasteiger partial charge in [0, 0.05) is 6.04 Å². The summed E-state index contributed by atoms with van der Waals surface area (Å²) in [5.74, 6) is -0.227. The third kappa shape index (κ3) is 3.03. The molecule has 1 amide bonds. The Morgan fingerprint density at radius 1 is 1.44 bits per heavy atom. The standard InChI is InChI=1S/C11H13Cl2N3O2/c12-8-5-14-16(11(18)10(8)13)6-9(17)15-7-3-1-2-4-7/h5,7H,1-4,6H2,(H,15,17). The van der Waals surface area contributed by atoms with Gasteiger partial charge in [-0.3, -0.25) is 9.59 Å². The van der Waals surface area contributed by atoms with Crippen molar-refractivity contribution in [3.63, 3.8) is 0 Å². The van der Waals surface area contributed by atoms with Gasteiger partial charge >= 0.3 is 0 Å². The van der Waals surface area contributed by atoms with Crippen LogP contribution >= 0.6 is 23.2 Å². The smallest absolute Gasteiger partial charge is 0.287 e. The molecule has 1 aromatic rings. The molecule has 1 N–H and O–H groups in total. The Labute approximate surface area is 114 Å². The van der Waals surface area contributed by atoms with E-state index in [0.717, 1.165) is 30.4 Å². The van der Waals surface area contributed by atoms with Gasteiger partial charge in [-0.2, -0.15) is 5.10 Å². The fourth-order valence-corrected chi connectivity index (χ4v) is 2.31. The zero-order chi connectivity index (χ0) is 13.1. The molecule has 0 bridgehead atoms. The first-order valence-corrected chi connectivity index (χ1v) is 6.54. The van der Waals surface area contributed by atoms with Crippen molar-refractivity contribution in [2.75, 3.05) is 0 Å². The number of hydrogen-bond acceptors (Lipinski definition) is 3. The van der Waals surface area contributed by atoms with Crippen LogP contribution < -0.4 is 10.9 Å². The summed E-state index contributed by atoms with van der Waals surface area (Å²) in [4.78, 5) is 23.4. The Balaban J connectivity index is 2.03. The SMILES string of the molecule is O=C(Cn1ncc(Cl)c(Cl)c1=O)NC1CCCC1. The van der Waals surface area contributed by atoms with Crippen LogP contribution in [0.3, 0.4) is 0 Å². The molecule has 0 aliphatic heterocycles. The van der Waals surface area contributed by atoms with E-state index >= 15 is 0 Å². The topological polar surface area (TPSA) is 64.0 Å². The van der Waals surface area contributed by atoms with E-state index < -0.39 is 5.56 Å². The molecule has 18 heavy (non-hydrogen) atoms. The van der Waals surface area contributed by atoms with Gasteiger partial charge in [0.05, 0.1) is 11.2 Å². The van der Waals surface area contributed by atoms with E-state index in [-0.39, 0.29) is 28.5 Å². The van der Waals surface area contributed by atoms with Crippen LogP contribution in [0.2, 0.25) is 10.0 Å². The van der Waals surface area contributed by atoms with Gasteiger partial charge in [0.15, 0.2) is 0 Å². The highest BCUT2D eigenvalue weighted by Crippen LogP contribution is 2.17. The Morgan fingerprint density at radius 3 is 2.78 bits per heavy atom. The van der Waals surface area contributed by atoms with E-state index in [9.17, 15) is 9.59 Å². The molecule has 5 nitrogen and oxygen atoms in total. The van der Waals surface area contributed by atoms with Gasteiger partial charge in [-0.1, -0.05) is 36.0 Å². The summed E-state index contributed by atoms with van der Waals surface area (Å²) in [6.45, 7) is -0.133. The maximum atomic E-state index is 11.7. The predicted molar refractivity (Wildman–Crippen MR) is 68.9 cm³/mol. The number of aromatic nitrogens is 2. The minimum Gasteiger partial charge on any atom is -0.352 e. The van der Waals surface area contributed by atoms with Crippen molar-refractivity contribution in [3.05, 3.63) is 26.6 Å². The van der Waals surface area contributed by atoms with Crippen LogP contribution in [0.25, 0.3) is 0 Å². The van der Waals surface area contributed by atoms with Crippen LogP contribution in [0.1, 0.15) is 25.7 Å². The minimum atomic E-state index is -0.550. The molecule has 1 saturated carbocycles. The molecule has 98 valence electrons. The third-order valence-corrected chi connectivity index (χ3v) is 3.70. The number of rotatable bonds is 3. The highest BCUT2D eigenvalue weighted by molar-refractivity contribution is 6.41. The second kappa shape index (κ2) is 5.71. The molecular weight excluding hydrogens is 277 g/mol. The average molecular weight is 290 g/mol. The van der Waals surface area contributed by atoms with Crippen LogP contribution in [0.4, 0.5) is 0 Å². The van der Waals surface area contributed by atoms with E-state index in [1.54, 1.807) is 0 Å². The summed E-state index contributed by atoms with van der Waals surface area (Å²) in [5.41, 5.74) is -0.550. The van der Waals surface area contributed by atoms with E-state index in [1.807, 2.05) is 0 Å². The normalized spacial score (nSPS) is 15.9. The first-order chi connectivity index (χ1) is 8.58. The average Bonchev–Trinajstić information content (AvgIpc) is 2.83. The van der Waals surface area contributed by atoms with E-state index in [4.69, 9.17) is 23.2 Å². The van der Waals surface area contributed by atoms with Gasteiger partial charge < -0.3 is 5.32 Å². The molecule has 0 radical (unpaired) electrons.